The molecule has 0 heterocycles. The van der Waals surface area contributed by atoms with Gasteiger partial charge in [0.1, 0.15) is 12.3 Å². The summed E-state index contributed by atoms with van der Waals surface area (Å²) in [7, 11) is 0. The van der Waals surface area contributed by atoms with Crippen LogP contribution in [0.5, 0.6) is 5.75 Å². The summed E-state index contributed by atoms with van der Waals surface area (Å²) in [5.74, 6) is -1.43. The number of benzene rings is 1. The van der Waals surface area contributed by atoms with Gasteiger partial charge in [-0.25, -0.2) is 4.79 Å². The molecule has 1 rings (SSSR count). The van der Waals surface area contributed by atoms with E-state index in [1.807, 2.05) is 0 Å². The van der Waals surface area contributed by atoms with Gasteiger partial charge in [0.05, 0.1) is 4.92 Å². The first kappa shape index (κ1) is 14.0. The van der Waals surface area contributed by atoms with E-state index in [1.165, 1.54) is 6.92 Å². The molecule has 1 unspecified atom stereocenters. The van der Waals surface area contributed by atoms with Crippen molar-refractivity contribution in [2.75, 3.05) is 6.54 Å². The molecule has 1 atom stereocenters. The fourth-order valence-electron chi connectivity index (χ4n) is 1.28. The maximum Gasteiger partial charge on any atom is 0.400 e. The number of nitro groups is 1. The minimum atomic E-state index is -1.40. The Morgan fingerprint density at radius 2 is 2.22 bits per heavy atom. The molecule has 0 saturated heterocycles. The summed E-state index contributed by atoms with van der Waals surface area (Å²) in [6.07, 6.45) is 0. The Labute approximate surface area is 106 Å². The molecule has 1 amide bonds. The zero-order valence-electron chi connectivity index (χ0n) is 9.24. The number of carbonyl (C=O) groups excluding carboxylic acids is 1. The molecular formula is C9H9ClN3O5+. The molecule has 0 bridgehead atoms. The molecule has 1 aromatic rings. The Morgan fingerprint density at radius 1 is 1.61 bits per heavy atom. The summed E-state index contributed by atoms with van der Waals surface area (Å²) in [5.41, 5.74) is -1.03. The van der Waals surface area contributed by atoms with Crippen molar-refractivity contribution >= 4 is 23.4 Å². The standard InChI is InChI=1S/C9H8ClN3O5/c1-2-13(10,11-16)9(15)7-5-6(14)3-4-8(7)12(17)18/h3-5H,2H2,1H3/p+1. The van der Waals surface area contributed by atoms with Crippen molar-refractivity contribution < 1.29 is 18.9 Å². The van der Waals surface area contributed by atoms with Crippen molar-refractivity contribution in [2.45, 2.75) is 6.92 Å². The number of amides is 1. The minimum absolute atomic E-state index is 0.184. The molecule has 0 fully saturated rings. The predicted molar refractivity (Wildman–Crippen MR) is 61.5 cm³/mol. The van der Waals surface area contributed by atoms with Crippen LogP contribution < -0.4 is 0 Å². The van der Waals surface area contributed by atoms with Crippen molar-refractivity contribution in [1.29, 1.82) is 0 Å². The molecule has 18 heavy (non-hydrogen) atoms. The molecule has 0 aliphatic rings. The van der Waals surface area contributed by atoms with Gasteiger partial charge in [0, 0.05) is 16.2 Å². The van der Waals surface area contributed by atoms with Crippen molar-refractivity contribution in [3.8, 4) is 5.75 Å². The number of nitro benzene ring substituents is 1. The van der Waals surface area contributed by atoms with E-state index < -0.39 is 26.2 Å². The van der Waals surface area contributed by atoms with Crippen LogP contribution in [0, 0.1) is 15.0 Å². The maximum absolute atomic E-state index is 11.9. The lowest BCUT2D eigenvalue weighted by Gasteiger charge is -2.13. The Bertz CT molecular complexity index is 521. The third kappa shape index (κ3) is 2.44. The van der Waals surface area contributed by atoms with Gasteiger partial charge in [-0.05, 0) is 13.0 Å². The van der Waals surface area contributed by atoms with Gasteiger partial charge in [0.15, 0.2) is 10.8 Å². The molecule has 0 saturated carbocycles. The number of carbonyl (C=O) groups is 1. The third-order valence-electron chi connectivity index (χ3n) is 2.27. The second kappa shape index (κ2) is 5.07. The van der Waals surface area contributed by atoms with E-state index in [0.717, 1.165) is 18.2 Å². The number of aromatic hydroxyl groups is 1. The number of nitroso groups, excluding NO2 is 1. The van der Waals surface area contributed by atoms with Crippen molar-refractivity contribution in [3.63, 3.8) is 0 Å². The van der Waals surface area contributed by atoms with Crippen LogP contribution in [0.15, 0.2) is 23.5 Å². The lowest BCUT2D eigenvalue weighted by Crippen LogP contribution is -2.38. The first-order valence-electron chi connectivity index (χ1n) is 4.80. The van der Waals surface area contributed by atoms with E-state index >= 15 is 0 Å². The van der Waals surface area contributed by atoms with Gasteiger partial charge in [-0.15, -0.1) is 0 Å². The summed E-state index contributed by atoms with van der Waals surface area (Å²) in [5, 5.41) is 22.4. The first-order valence-corrected chi connectivity index (χ1v) is 5.14. The lowest BCUT2D eigenvalue weighted by molar-refractivity contribution is -0.735. The largest absolute Gasteiger partial charge is 0.508 e. The van der Waals surface area contributed by atoms with Gasteiger partial charge < -0.3 is 5.11 Å². The summed E-state index contributed by atoms with van der Waals surface area (Å²) in [6.45, 7) is 1.23. The highest BCUT2D eigenvalue weighted by Gasteiger charge is 2.42. The molecule has 0 aliphatic carbocycles. The Hall–Kier alpha value is -2.06. The molecule has 0 radical (unpaired) electrons. The molecule has 0 spiro atoms. The van der Waals surface area contributed by atoms with E-state index in [2.05, 4.69) is 5.29 Å². The molecular weight excluding hydrogens is 266 g/mol. The van der Waals surface area contributed by atoms with E-state index in [4.69, 9.17) is 11.8 Å². The van der Waals surface area contributed by atoms with Gasteiger partial charge >= 0.3 is 5.91 Å². The normalized spacial score (nSPS) is 13.7. The van der Waals surface area contributed by atoms with E-state index in [-0.39, 0.29) is 12.3 Å². The monoisotopic (exact) mass is 274 g/mol. The summed E-state index contributed by atoms with van der Waals surface area (Å²) in [4.78, 5) is 32.5. The van der Waals surface area contributed by atoms with Gasteiger partial charge in [-0.1, -0.05) is 4.91 Å². The number of hydrogen-bond acceptors (Lipinski definition) is 6. The minimum Gasteiger partial charge on any atom is -0.508 e. The zero-order chi connectivity index (χ0) is 13.9. The lowest BCUT2D eigenvalue weighted by atomic mass is 10.1. The van der Waals surface area contributed by atoms with E-state index in [0.29, 0.717) is 0 Å². The number of phenols is 1. The van der Waals surface area contributed by atoms with E-state index in [9.17, 15) is 24.9 Å². The zero-order valence-corrected chi connectivity index (χ0v) is 9.99. The second-order valence-electron chi connectivity index (χ2n) is 3.34. The highest BCUT2D eigenvalue weighted by Crippen LogP contribution is 2.28. The van der Waals surface area contributed by atoms with E-state index in [1.54, 1.807) is 0 Å². The molecule has 9 heteroatoms. The Kier molecular flexibility index (Phi) is 3.94. The molecule has 0 aromatic heterocycles. The van der Waals surface area contributed by atoms with Gasteiger partial charge in [0.2, 0.25) is 11.8 Å². The number of nitrogens with zero attached hydrogens (tertiary/aromatic N) is 3. The highest BCUT2D eigenvalue weighted by molar-refractivity contribution is 6.15. The number of hydrogen-bond donors (Lipinski definition) is 1. The first-order chi connectivity index (χ1) is 8.35. The Balaban J connectivity index is 3.40. The topological polar surface area (TPSA) is 110 Å². The third-order valence-corrected chi connectivity index (χ3v) is 2.72. The van der Waals surface area contributed by atoms with Crippen LogP contribution in [0.4, 0.5) is 5.69 Å². The fourth-order valence-corrected chi connectivity index (χ4v) is 1.37. The number of phenolic OH excluding ortho intramolecular Hbond substituents is 1. The van der Waals surface area contributed by atoms with Crippen LogP contribution in [0.1, 0.15) is 17.3 Å². The maximum atomic E-state index is 11.9. The van der Waals surface area contributed by atoms with Crippen LogP contribution in [-0.2, 0) is 0 Å². The van der Waals surface area contributed by atoms with Gasteiger partial charge in [-0.2, -0.15) is 0 Å². The second-order valence-corrected chi connectivity index (χ2v) is 3.90. The fraction of sp³-hybridized carbons (Fsp3) is 0.222. The average molecular weight is 275 g/mol. The quantitative estimate of drug-likeness (QED) is 0.391. The number of rotatable bonds is 4. The molecule has 0 aliphatic heterocycles. The Morgan fingerprint density at radius 3 is 2.67 bits per heavy atom. The summed E-state index contributed by atoms with van der Waals surface area (Å²) in [6, 6.07) is 2.87. The van der Waals surface area contributed by atoms with Crippen LogP contribution >= 0.6 is 11.8 Å². The van der Waals surface area contributed by atoms with Crippen LogP contribution in [0.2, 0.25) is 0 Å². The SMILES string of the molecule is CC[N+](Cl)(N=O)C(=O)c1cc(O)ccc1[N+](=O)[O-]. The van der Waals surface area contributed by atoms with Crippen LogP contribution in [0.25, 0.3) is 0 Å². The summed E-state index contributed by atoms with van der Waals surface area (Å²) < 4.78 is -1.40. The van der Waals surface area contributed by atoms with Crippen LogP contribution in [-0.4, -0.2) is 26.6 Å². The van der Waals surface area contributed by atoms with Gasteiger partial charge in [-0.3, -0.25) is 10.1 Å². The summed E-state index contributed by atoms with van der Waals surface area (Å²) >= 11 is 5.63. The molecule has 8 nitrogen and oxygen atoms in total. The van der Waals surface area contributed by atoms with Crippen LogP contribution in [0.3, 0.4) is 0 Å². The van der Waals surface area contributed by atoms with Crippen molar-refractivity contribution in [3.05, 3.63) is 38.8 Å². The predicted octanol–water partition coefficient (Wildman–Crippen LogP) is 2.11. The van der Waals surface area contributed by atoms with Crippen molar-refractivity contribution in [2.24, 2.45) is 5.29 Å². The molecule has 96 valence electrons. The molecule has 1 N–H and O–H groups in total. The smallest absolute Gasteiger partial charge is 0.400 e. The average Bonchev–Trinajstić information content (AvgIpc) is 2.36. The number of halogens is 1. The van der Waals surface area contributed by atoms with Crippen molar-refractivity contribution in [1.82, 2.24) is 0 Å². The molecule has 1 aromatic carbocycles. The highest BCUT2D eigenvalue weighted by atomic mass is 35.5. The van der Waals surface area contributed by atoms with Gasteiger partial charge in [0.25, 0.3) is 5.69 Å². The number of quaternary nitrogens is 1.